The summed E-state index contributed by atoms with van der Waals surface area (Å²) >= 11 is 0. The van der Waals surface area contributed by atoms with Gasteiger partial charge in [-0.05, 0) is 12.8 Å². The fraction of sp³-hybridized carbons (Fsp3) is 0.300. The Bertz CT molecular complexity index is 589. The number of nitriles is 1. The molecule has 1 aliphatic carbocycles. The van der Waals surface area contributed by atoms with Gasteiger partial charge in [0, 0.05) is 12.1 Å². The first-order valence-corrected chi connectivity index (χ1v) is 5.09. The van der Waals surface area contributed by atoms with Gasteiger partial charge in [0.25, 0.3) is 0 Å². The van der Waals surface area contributed by atoms with Gasteiger partial charge in [0.2, 0.25) is 0 Å². The highest BCUT2D eigenvalue weighted by Crippen LogP contribution is 2.27. The molecule has 6 heteroatoms. The van der Waals surface area contributed by atoms with Crippen LogP contribution >= 0.6 is 0 Å². The molecule has 80 valence electrons. The summed E-state index contributed by atoms with van der Waals surface area (Å²) in [5.74, 6) is 0.380. The molecule has 2 aromatic heterocycles. The van der Waals surface area contributed by atoms with Gasteiger partial charge in [-0.1, -0.05) is 0 Å². The summed E-state index contributed by atoms with van der Waals surface area (Å²) in [6.07, 6.45) is 3.83. The fourth-order valence-corrected chi connectivity index (χ4v) is 1.62. The molecule has 0 aromatic carbocycles. The highest BCUT2D eigenvalue weighted by Gasteiger charge is 2.22. The van der Waals surface area contributed by atoms with E-state index >= 15 is 0 Å². The van der Waals surface area contributed by atoms with Crippen molar-refractivity contribution in [3.63, 3.8) is 0 Å². The normalized spacial score (nSPS) is 14.9. The number of aromatic nitrogens is 3. The summed E-state index contributed by atoms with van der Waals surface area (Å²) in [5, 5.41) is 16.3. The first-order chi connectivity index (χ1) is 7.78. The van der Waals surface area contributed by atoms with E-state index in [2.05, 4.69) is 15.4 Å². The molecule has 0 bridgehead atoms. The molecule has 2 aromatic rings. The number of nitrogens with zero attached hydrogens (tertiary/aromatic N) is 4. The molecule has 0 atom stereocenters. The minimum absolute atomic E-state index is 0.380. The smallest absolute Gasteiger partial charge is 0.178 e. The third-order valence-electron chi connectivity index (χ3n) is 2.54. The van der Waals surface area contributed by atoms with Gasteiger partial charge in [0.1, 0.15) is 11.9 Å². The Morgan fingerprint density at radius 2 is 2.38 bits per heavy atom. The quantitative estimate of drug-likeness (QED) is 0.769. The van der Waals surface area contributed by atoms with Crippen molar-refractivity contribution < 1.29 is 0 Å². The molecule has 1 saturated carbocycles. The van der Waals surface area contributed by atoms with Crippen LogP contribution in [-0.4, -0.2) is 20.6 Å². The van der Waals surface area contributed by atoms with E-state index in [1.807, 2.05) is 6.07 Å². The van der Waals surface area contributed by atoms with Crippen molar-refractivity contribution in [2.45, 2.75) is 18.9 Å². The van der Waals surface area contributed by atoms with Crippen molar-refractivity contribution in [1.82, 2.24) is 14.6 Å². The number of imidazole rings is 1. The molecule has 0 aliphatic heterocycles. The van der Waals surface area contributed by atoms with Crippen LogP contribution in [0.4, 0.5) is 11.5 Å². The van der Waals surface area contributed by atoms with Crippen molar-refractivity contribution in [2.24, 2.45) is 0 Å². The van der Waals surface area contributed by atoms with Crippen molar-refractivity contribution in [2.75, 3.05) is 11.1 Å². The standard InChI is InChI=1S/C10H10N6/c11-4-7-5-13-10-8(14-6-1-2-6)3-9(12)15-16(7)10/h3,5-6,14H,1-2H2,(H2,12,15). The number of nitrogens with one attached hydrogen (secondary N) is 1. The molecule has 0 unspecified atom stereocenters. The van der Waals surface area contributed by atoms with Crippen molar-refractivity contribution in [1.29, 1.82) is 5.26 Å². The summed E-state index contributed by atoms with van der Waals surface area (Å²) in [7, 11) is 0. The molecule has 1 fully saturated rings. The molecule has 3 rings (SSSR count). The minimum Gasteiger partial charge on any atom is -0.382 e. The number of nitrogen functional groups attached to an aromatic ring is 1. The lowest BCUT2D eigenvalue weighted by Crippen LogP contribution is -2.07. The Hall–Kier alpha value is -2.29. The molecule has 3 N–H and O–H groups in total. The van der Waals surface area contributed by atoms with Crippen LogP contribution in [0.25, 0.3) is 5.65 Å². The van der Waals surface area contributed by atoms with Crippen LogP contribution in [0.1, 0.15) is 18.5 Å². The van der Waals surface area contributed by atoms with Crippen molar-refractivity contribution >= 4 is 17.2 Å². The zero-order valence-corrected chi connectivity index (χ0v) is 8.51. The van der Waals surface area contributed by atoms with E-state index in [4.69, 9.17) is 11.0 Å². The summed E-state index contributed by atoms with van der Waals surface area (Å²) < 4.78 is 1.47. The number of rotatable bonds is 2. The fourth-order valence-electron chi connectivity index (χ4n) is 1.62. The SMILES string of the molecule is N#Cc1cnc2c(NC3CC3)cc(N)nn12. The zero-order chi connectivity index (χ0) is 11.1. The molecule has 6 nitrogen and oxygen atoms in total. The lowest BCUT2D eigenvalue weighted by atomic mass is 10.4. The van der Waals surface area contributed by atoms with Crippen molar-refractivity contribution in [3.05, 3.63) is 18.0 Å². The lowest BCUT2D eigenvalue weighted by Gasteiger charge is -2.06. The van der Waals surface area contributed by atoms with Crippen LogP contribution in [0.2, 0.25) is 0 Å². The lowest BCUT2D eigenvalue weighted by molar-refractivity contribution is 0.927. The number of nitrogens with two attached hydrogens (primary N) is 1. The predicted octanol–water partition coefficient (Wildman–Crippen LogP) is 0.757. The Labute approximate surface area is 91.7 Å². The van der Waals surface area contributed by atoms with Gasteiger partial charge in [-0.3, -0.25) is 0 Å². The van der Waals surface area contributed by atoms with Crippen LogP contribution in [0.3, 0.4) is 0 Å². The van der Waals surface area contributed by atoms with Crippen LogP contribution in [-0.2, 0) is 0 Å². The summed E-state index contributed by atoms with van der Waals surface area (Å²) in [5.41, 5.74) is 7.58. The molecular weight excluding hydrogens is 204 g/mol. The second-order valence-corrected chi connectivity index (χ2v) is 3.89. The van der Waals surface area contributed by atoms with Crippen LogP contribution in [0, 0.1) is 11.3 Å². The molecule has 2 heterocycles. The van der Waals surface area contributed by atoms with Crippen LogP contribution in [0.5, 0.6) is 0 Å². The molecule has 0 spiro atoms. The van der Waals surface area contributed by atoms with Crippen molar-refractivity contribution in [3.8, 4) is 6.07 Å². The van der Waals surface area contributed by atoms with Crippen LogP contribution in [0.15, 0.2) is 12.3 Å². The molecule has 0 amide bonds. The van der Waals surface area contributed by atoms with Gasteiger partial charge in [0.15, 0.2) is 11.3 Å². The maximum absolute atomic E-state index is 8.89. The largest absolute Gasteiger partial charge is 0.382 e. The number of hydrogen-bond donors (Lipinski definition) is 2. The molecule has 1 aliphatic rings. The Morgan fingerprint density at radius 1 is 1.56 bits per heavy atom. The average Bonchev–Trinajstić information content (AvgIpc) is 2.96. The van der Waals surface area contributed by atoms with E-state index in [0.717, 1.165) is 5.69 Å². The van der Waals surface area contributed by atoms with E-state index < -0.39 is 0 Å². The van der Waals surface area contributed by atoms with Gasteiger partial charge in [-0.2, -0.15) is 9.78 Å². The Balaban J connectivity index is 2.18. The Morgan fingerprint density at radius 3 is 3.06 bits per heavy atom. The second-order valence-electron chi connectivity index (χ2n) is 3.89. The third kappa shape index (κ3) is 1.34. The Kier molecular flexibility index (Phi) is 1.74. The minimum atomic E-state index is 0.380. The number of hydrogen-bond acceptors (Lipinski definition) is 5. The van der Waals surface area contributed by atoms with Gasteiger partial charge >= 0.3 is 0 Å². The molecule has 0 saturated heterocycles. The molecule has 0 radical (unpaired) electrons. The first kappa shape index (κ1) is 8.97. The number of fused-ring (bicyclic) bond motifs is 1. The van der Waals surface area contributed by atoms with Gasteiger partial charge in [-0.15, -0.1) is 5.10 Å². The van der Waals surface area contributed by atoms with Gasteiger partial charge in [0.05, 0.1) is 11.9 Å². The topological polar surface area (TPSA) is 92.0 Å². The predicted molar refractivity (Wildman–Crippen MR) is 58.8 cm³/mol. The van der Waals surface area contributed by atoms with E-state index in [-0.39, 0.29) is 0 Å². The van der Waals surface area contributed by atoms with E-state index in [0.29, 0.717) is 23.2 Å². The van der Waals surface area contributed by atoms with Crippen LogP contribution < -0.4 is 11.1 Å². The summed E-state index contributed by atoms with van der Waals surface area (Å²) in [6.45, 7) is 0. The van der Waals surface area contributed by atoms with Gasteiger partial charge < -0.3 is 11.1 Å². The average molecular weight is 214 g/mol. The highest BCUT2D eigenvalue weighted by atomic mass is 15.3. The summed E-state index contributed by atoms with van der Waals surface area (Å²) in [6, 6.07) is 4.29. The second kappa shape index (κ2) is 3.10. The van der Waals surface area contributed by atoms with Gasteiger partial charge in [-0.25, -0.2) is 4.98 Å². The van der Waals surface area contributed by atoms with E-state index in [1.54, 1.807) is 6.07 Å². The monoisotopic (exact) mass is 214 g/mol. The maximum Gasteiger partial charge on any atom is 0.178 e. The third-order valence-corrected chi connectivity index (χ3v) is 2.54. The first-order valence-electron chi connectivity index (χ1n) is 5.09. The van der Waals surface area contributed by atoms with E-state index in [1.165, 1.54) is 23.6 Å². The van der Waals surface area contributed by atoms with E-state index in [9.17, 15) is 0 Å². The summed E-state index contributed by atoms with van der Waals surface area (Å²) in [4.78, 5) is 4.17. The maximum atomic E-state index is 8.89. The number of anilines is 2. The zero-order valence-electron chi connectivity index (χ0n) is 8.51. The molecular formula is C10H10N6. The molecule has 16 heavy (non-hydrogen) atoms. The highest BCUT2D eigenvalue weighted by molar-refractivity contribution is 5.71.